The van der Waals surface area contributed by atoms with Gasteiger partial charge in [-0.15, -0.1) is 0 Å². The number of fused-ring (bicyclic) bond motifs is 2. The Bertz CT molecular complexity index is 1980. The maximum atomic E-state index is 15.2. The van der Waals surface area contributed by atoms with E-state index in [4.69, 9.17) is 9.97 Å². The molecule has 4 amide bonds. The molecule has 4 N–H and O–H groups in total. The first-order chi connectivity index (χ1) is 26.6. The number of nitrogens with zero attached hydrogens (tertiary/aromatic N) is 6. The van der Waals surface area contributed by atoms with Crippen LogP contribution in [0.4, 0.5) is 17.6 Å². The minimum absolute atomic E-state index is 0.00236. The van der Waals surface area contributed by atoms with Crippen LogP contribution in [-0.4, -0.2) is 128 Å². The summed E-state index contributed by atoms with van der Waals surface area (Å²) in [6.07, 6.45) is -2.78. The van der Waals surface area contributed by atoms with Gasteiger partial charge in [-0.1, -0.05) is 0 Å². The van der Waals surface area contributed by atoms with E-state index in [2.05, 4.69) is 21.3 Å². The van der Waals surface area contributed by atoms with Crippen molar-refractivity contribution in [2.75, 3.05) is 27.2 Å². The van der Waals surface area contributed by atoms with Gasteiger partial charge in [0.05, 0.1) is 59.3 Å². The molecule has 56 heavy (non-hydrogen) atoms. The second-order valence-electron chi connectivity index (χ2n) is 14.8. The molecule has 8 atom stereocenters. The number of alkyl halides is 2. The molecule has 0 bridgehead atoms. The van der Waals surface area contributed by atoms with E-state index in [9.17, 15) is 28.0 Å². The number of nitrogens with one attached hydrogen (secondary N) is 4. The Morgan fingerprint density at radius 2 is 1.04 bits per heavy atom. The fourth-order valence-electron chi connectivity index (χ4n) is 7.50. The van der Waals surface area contributed by atoms with Crippen LogP contribution in [-0.2, 0) is 32.3 Å². The molecule has 0 radical (unpaired) electrons. The monoisotopic (exact) mass is 784 g/mol. The van der Waals surface area contributed by atoms with Crippen molar-refractivity contribution in [3.8, 4) is 11.6 Å². The molecule has 2 aromatic carbocycles. The molecule has 18 heteroatoms. The first-order valence-corrected chi connectivity index (χ1v) is 18.8. The highest BCUT2D eigenvalue weighted by Gasteiger charge is 2.41. The number of carbonyl (C=O) groups is 4. The van der Waals surface area contributed by atoms with Gasteiger partial charge in [0.2, 0.25) is 23.6 Å². The van der Waals surface area contributed by atoms with Crippen LogP contribution in [0, 0.1) is 11.6 Å². The molecule has 302 valence electrons. The van der Waals surface area contributed by atoms with E-state index in [1.807, 2.05) is 0 Å². The fourth-order valence-corrected chi connectivity index (χ4v) is 7.50. The lowest BCUT2D eigenvalue weighted by molar-refractivity contribution is -0.137. The van der Waals surface area contributed by atoms with Crippen molar-refractivity contribution >= 4 is 45.7 Å². The van der Waals surface area contributed by atoms with Gasteiger partial charge < -0.3 is 40.2 Å². The van der Waals surface area contributed by atoms with Crippen LogP contribution in [0.2, 0.25) is 0 Å². The van der Waals surface area contributed by atoms with E-state index >= 15 is 8.78 Å². The summed E-state index contributed by atoms with van der Waals surface area (Å²) in [6.45, 7) is 5.93. The van der Waals surface area contributed by atoms with Gasteiger partial charge in [-0.3, -0.25) is 19.2 Å². The van der Waals surface area contributed by atoms with Crippen molar-refractivity contribution in [3.05, 3.63) is 48.0 Å². The van der Waals surface area contributed by atoms with E-state index in [1.54, 1.807) is 37.1 Å². The number of likely N-dealkylation sites (N-methyl/N-ethyl adjacent to an activating group) is 2. The lowest BCUT2D eigenvalue weighted by Gasteiger charge is -2.29. The molecule has 4 aromatic rings. The Morgan fingerprint density at radius 3 is 1.39 bits per heavy atom. The highest BCUT2D eigenvalue weighted by molar-refractivity contribution is 5.91. The summed E-state index contributed by atoms with van der Waals surface area (Å²) in [5.74, 6) is -2.51. The SMILES string of the molecule is CN[C@H](C)C(=O)N[C@H](C)C(=O)N1CC(F)C[C@H]1Cn1c(-c2nc3cc(F)ccc3n2C[C@@H]2CC(F)CN2C(=O)[C@@H](C)NC(=O)[C@@H](C)NC)nc2cc(F)ccc21. The van der Waals surface area contributed by atoms with Crippen LogP contribution in [0.3, 0.4) is 0 Å². The molecule has 2 saturated heterocycles. The summed E-state index contributed by atoms with van der Waals surface area (Å²) in [7, 11) is 3.22. The van der Waals surface area contributed by atoms with Crippen molar-refractivity contribution in [2.45, 2.75) is 102 Å². The molecule has 0 aliphatic carbocycles. The average molecular weight is 785 g/mol. The second-order valence-corrected chi connectivity index (χ2v) is 14.8. The van der Waals surface area contributed by atoms with E-state index in [-0.39, 0.29) is 61.7 Å². The lowest BCUT2D eigenvalue weighted by Crippen LogP contribution is -2.52. The topological polar surface area (TPSA) is 159 Å². The lowest BCUT2D eigenvalue weighted by atomic mass is 10.1. The van der Waals surface area contributed by atoms with Crippen LogP contribution < -0.4 is 21.3 Å². The summed E-state index contributed by atoms with van der Waals surface area (Å²) in [6, 6.07) is 3.50. The smallest absolute Gasteiger partial charge is 0.245 e. The zero-order valence-electron chi connectivity index (χ0n) is 32.2. The zero-order valence-corrected chi connectivity index (χ0v) is 32.2. The molecule has 2 aliphatic rings. The largest absolute Gasteiger partial charge is 0.343 e. The Kier molecular flexibility index (Phi) is 12.0. The summed E-state index contributed by atoms with van der Waals surface area (Å²) in [4.78, 5) is 64.8. The van der Waals surface area contributed by atoms with Crippen molar-refractivity contribution in [1.82, 2.24) is 50.2 Å². The van der Waals surface area contributed by atoms with Gasteiger partial charge in [0, 0.05) is 38.1 Å². The number of hydrogen-bond donors (Lipinski definition) is 4. The van der Waals surface area contributed by atoms with Crippen LogP contribution in [0.1, 0.15) is 40.5 Å². The highest BCUT2D eigenvalue weighted by Crippen LogP contribution is 2.33. The molecular weight excluding hydrogens is 736 g/mol. The summed E-state index contributed by atoms with van der Waals surface area (Å²) >= 11 is 0. The highest BCUT2D eigenvalue weighted by atomic mass is 19.1. The molecule has 2 unspecified atom stereocenters. The molecule has 6 rings (SSSR count). The minimum Gasteiger partial charge on any atom is -0.343 e. The number of halogens is 4. The van der Waals surface area contributed by atoms with Gasteiger partial charge >= 0.3 is 0 Å². The number of aromatic nitrogens is 4. The quantitative estimate of drug-likeness (QED) is 0.151. The summed E-state index contributed by atoms with van der Waals surface area (Å²) < 4.78 is 63.1. The number of amides is 4. The maximum absolute atomic E-state index is 15.2. The van der Waals surface area contributed by atoms with Gasteiger partial charge in [-0.25, -0.2) is 27.5 Å². The molecule has 4 heterocycles. The molecular formula is C38H48F4N10O4. The van der Waals surface area contributed by atoms with E-state index < -0.39 is 83.9 Å². The second kappa shape index (κ2) is 16.6. The molecule has 14 nitrogen and oxygen atoms in total. The summed E-state index contributed by atoms with van der Waals surface area (Å²) in [5.41, 5.74) is 1.38. The van der Waals surface area contributed by atoms with Gasteiger partial charge in [0.25, 0.3) is 0 Å². The van der Waals surface area contributed by atoms with E-state index in [0.717, 1.165) is 0 Å². The Morgan fingerprint density at radius 1 is 0.661 bits per heavy atom. The van der Waals surface area contributed by atoms with Crippen molar-refractivity contribution < 1.29 is 36.7 Å². The fraction of sp³-hybridized carbons (Fsp3) is 0.526. The van der Waals surface area contributed by atoms with Crippen molar-refractivity contribution in [2.24, 2.45) is 0 Å². The number of carbonyl (C=O) groups excluding carboxylic acids is 4. The third kappa shape index (κ3) is 8.21. The average Bonchev–Trinajstić information content (AvgIpc) is 3.92. The Labute approximate surface area is 321 Å². The number of likely N-dealkylation sites (tertiary alicyclic amines) is 2. The number of imidazole rings is 2. The van der Waals surface area contributed by atoms with Crippen LogP contribution >= 0.6 is 0 Å². The van der Waals surface area contributed by atoms with E-state index in [0.29, 0.717) is 11.0 Å². The first-order valence-electron chi connectivity index (χ1n) is 18.8. The summed E-state index contributed by atoms with van der Waals surface area (Å²) in [5, 5.41) is 11.0. The minimum atomic E-state index is -1.36. The Hall–Kier alpha value is -5.10. The van der Waals surface area contributed by atoms with E-state index in [1.165, 1.54) is 60.0 Å². The number of rotatable bonds is 13. The van der Waals surface area contributed by atoms with Crippen LogP contribution in [0.25, 0.3) is 33.7 Å². The maximum Gasteiger partial charge on any atom is 0.245 e. The molecule has 0 spiro atoms. The molecule has 0 saturated carbocycles. The van der Waals surface area contributed by atoms with Gasteiger partial charge in [0.1, 0.15) is 36.1 Å². The van der Waals surface area contributed by atoms with Gasteiger partial charge in [-0.2, -0.15) is 0 Å². The molecule has 2 aromatic heterocycles. The molecule has 2 aliphatic heterocycles. The van der Waals surface area contributed by atoms with Crippen molar-refractivity contribution in [1.29, 1.82) is 0 Å². The predicted molar refractivity (Wildman–Crippen MR) is 201 cm³/mol. The normalized spacial score (nSPS) is 22.0. The Balaban J connectivity index is 1.39. The van der Waals surface area contributed by atoms with Gasteiger partial charge in [0.15, 0.2) is 11.6 Å². The third-order valence-corrected chi connectivity index (χ3v) is 10.8. The van der Waals surface area contributed by atoms with Crippen molar-refractivity contribution in [3.63, 3.8) is 0 Å². The standard InChI is InChI=1S/C38H48F4N10O4/c1-19(43-5)35(53)45-21(3)37(55)49-15-25(41)11-27(49)17-51-31-9-7-23(39)13-29(31)47-33(51)34-48-30-14-24(40)8-10-32(30)52(34)18-28-12-26(42)16-50(28)38(56)22(4)46-36(54)20(2)44-6/h7-10,13-14,19-22,25-28,43-44H,11-12,15-18H2,1-6H3,(H,45,53)(H,46,54)/t19-,20-,21-,22-,25?,26?,27+,28+/m1/s1. The van der Waals surface area contributed by atoms with Gasteiger partial charge in [-0.05, 0) is 66.1 Å². The van der Waals surface area contributed by atoms with Crippen LogP contribution in [0.15, 0.2) is 36.4 Å². The van der Waals surface area contributed by atoms with Crippen LogP contribution in [0.5, 0.6) is 0 Å². The predicted octanol–water partition coefficient (Wildman–Crippen LogP) is 2.43. The number of benzene rings is 2. The molecule has 2 fully saturated rings. The first kappa shape index (κ1) is 40.6. The third-order valence-electron chi connectivity index (χ3n) is 10.8. The number of hydrogen-bond acceptors (Lipinski definition) is 8. The zero-order chi connectivity index (χ0) is 40.6.